The second-order valence-electron chi connectivity index (χ2n) is 9.22. The van der Waals surface area contributed by atoms with Gasteiger partial charge in [-0.15, -0.1) is 0 Å². The van der Waals surface area contributed by atoms with Crippen LogP contribution in [0.3, 0.4) is 0 Å². The van der Waals surface area contributed by atoms with Crippen molar-refractivity contribution >= 4 is 23.2 Å². The Morgan fingerprint density at radius 3 is 1.86 bits per heavy atom. The van der Waals surface area contributed by atoms with Gasteiger partial charge in [0.05, 0.1) is 6.20 Å². The van der Waals surface area contributed by atoms with Crippen molar-refractivity contribution in [1.82, 2.24) is 20.6 Å². The Morgan fingerprint density at radius 1 is 0.778 bits per heavy atom. The Hall–Kier alpha value is -2.22. The molecule has 2 aromatic heterocycles. The first kappa shape index (κ1) is 28.4. The molecule has 0 radical (unpaired) electrons. The molecule has 2 aliphatic rings. The van der Waals surface area contributed by atoms with Gasteiger partial charge in [-0.05, 0) is 79.0 Å². The Labute approximate surface area is 224 Å². The maximum absolute atomic E-state index is 6.38. The van der Waals surface area contributed by atoms with E-state index in [1.54, 1.807) is 6.20 Å². The van der Waals surface area contributed by atoms with Gasteiger partial charge in [0.15, 0.2) is 6.23 Å². The van der Waals surface area contributed by atoms with Crippen LogP contribution < -0.4 is 15.4 Å². The topological polar surface area (TPSA) is 90.6 Å². The molecule has 4 heterocycles. The van der Waals surface area contributed by atoms with E-state index in [2.05, 4.69) is 50.9 Å². The highest BCUT2D eigenvalue weighted by Gasteiger charge is 2.19. The van der Waals surface area contributed by atoms with Crippen molar-refractivity contribution < 1.29 is 10.2 Å². The predicted octanol–water partition coefficient (Wildman–Crippen LogP) is 4.77. The first-order chi connectivity index (χ1) is 16.6. The van der Waals surface area contributed by atoms with Crippen molar-refractivity contribution in [1.29, 1.82) is 0 Å². The second-order valence-corrected chi connectivity index (χ2v) is 9.94. The third kappa shape index (κ3) is 7.40. The molecule has 0 spiro atoms. The summed E-state index contributed by atoms with van der Waals surface area (Å²) in [4.78, 5) is 8.72. The average Bonchev–Trinajstić information content (AvgIpc) is 2.79. The van der Waals surface area contributed by atoms with Crippen LogP contribution >= 0.6 is 23.2 Å². The van der Waals surface area contributed by atoms with Crippen LogP contribution in [0, 0.1) is 0 Å². The third-order valence-corrected chi connectivity index (χ3v) is 7.39. The maximum atomic E-state index is 6.38. The van der Waals surface area contributed by atoms with Crippen LogP contribution in [-0.2, 0) is 32.1 Å². The summed E-state index contributed by atoms with van der Waals surface area (Å²) in [6.07, 6.45) is 10.5. The zero-order valence-corrected chi connectivity index (χ0v) is 21.2. The van der Waals surface area contributed by atoms with Gasteiger partial charge in [0.2, 0.25) is 0 Å². The molecule has 8 heteroatoms. The summed E-state index contributed by atoms with van der Waals surface area (Å²) in [6, 6.07) is 13.6. The highest BCUT2D eigenvalue weighted by Crippen LogP contribution is 2.23. The number of ether oxygens (including phenoxy) is 1. The first-order valence-electron chi connectivity index (χ1n) is 12.1. The number of nitrogens with one attached hydrogen (secondary N) is 2. The summed E-state index contributed by atoms with van der Waals surface area (Å²) in [5.41, 5.74) is 5.99. The molecule has 1 aromatic carbocycles. The van der Waals surface area contributed by atoms with Gasteiger partial charge < -0.3 is 15.5 Å². The minimum atomic E-state index is 0. The molecule has 2 saturated heterocycles. The van der Waals surface area contributed by atoms with Gasteiger partial charge in [-0.2, -0.15) is 0 Å². The van der Waals surface area contributed by atoms with Gasteiger partial charge >= 0.3 is 0 Å². The number of halogens is 2. The van der Waals surface area contributed by atoms with E-state index in [4.69, 9.17) is 27.9 Å². The van der Waals surface area contributed by atoms with Crippen molar-refractivity contribution in [3.8, 4) is 5.75 Å². The van der Waals surface area contributed by atoms with Crippen LogP contribution in [0.2, 0.25) is 10.3 Å². The lowest BCUT2D eigenvalue weighted by Crippen LogP contribution is -2.46. The van der Waals surface area contributed by atoms with E-state index < -0.39 is 0 Å². The van der Waals surface area contributed by atoms with Crippen molar-refractivity contribution in [2.75, 3.05) is 13.1 Å². The summed E-state index contributed by atoms with van der Waals surface area (Å²) in [7, 11) is 0. The number of hydrogen-bond acceptors (Lipinski definition) is 5. The van der Waals surface area contributed by atoms with E-state index in [0.717, 1.165) is 68.5 Å². The zero-order chi connectivity index (χ0) is 23.3. The molecule has 5 rings (SSSR count). The molecule has 0 amide bonds. The largest absolute Gasteiger partial charge is 0.474 e. The van der Waals surface area contributed by atoms with Crippen LogP contribution in [-0.4, -0.2) is 40.8 Å². The van der Waals surface area contributed by atoms with Crippen molar-refractivity contribution in [2.45, 2.75) is 64.6 Å². The Kier molecular flexibility index (Phi) is 10.5. The Balaban J connectivity index is 0.00000180. The highest BCUT2D eigenvalue weighted by molar-refractivity contribution is 6.30. The van der Waals surface area contributed by atoms with Crippen LogP contribution in [0.5, 0.6) is 5.75 Å². The first-order valence-corrected chi connectivity index (χ1v) is 12.9. The normalized spacial score (nSPS) is 18.3. The lowest BCUT2D eigenvalue weighted by molar-refractivity contribution is 0.0982. The Morgan fingerprint density at radius 2 is 1.33 bits per heavy atom. The molecule has 2 atom stereocenters. The minimum Gasteiger partial charge on any atom is -0.474 e. The van der Waals surface area contributed by atoms with E-state index in [-0.39, 0.29) is 19.1 Å². The standard InChI is InChI=1S/C27H30Cl2N4O.CH4.H2O/c28-26-21(13-20(16-32-26)14-23-9-11-30-23)7-5-18-1-3-19(4-2-18)6-8-22-15-24(17-33-27(22)29)34-25-10-12-31-25;;/h1-4,13,15-17,23,25,30-31H,5-12,14H2;1H4;1H2. The van der Waals surface area contributed by atoms with Crippen molar-refractivity contribution in [3.05, 3.63) is 86.9 Å². The fourth-order valence-electron chi connectivity index (χ4n) is 4.31. The molecule has 2 aliphatic heterocycles. The number of pyridine rings is 2. The second kappa shape index (κ2) is 13.4. The molecular weight excluding hydrogens is 495 g/mol. The van der Waals surface area contributed by atoms with Gasteiger partial charge in [-0.25, -0.2) is 9.97 Å². The molecule has 6 nitrogen and oxygen atoms in total. The predicted molar refractivity (Wildman–Crippen MR) is 147 cm³/mol. The molecule has 2 unspecified atom stereocenters. The molecule has 3 aromatic rings. The molecule has 4 N–H and O–H groups in total. The van der Waals surface area contributed by atoms with Crippen molar-refractivity contribution in [2.24, 2.45) is 0 Å². The molecule has 2 fully saturated rings. The average molecular weight is 532 g/mol. The van der Waals surface area contributed by atoms with E-state index in [1.807, 2.05) is 12.3 Å². The number of hydrogen-bond donors (Lipinski definition) is 2. The molecule has 36 heavy (non-hydrogen) atoms. The summed E-state index contributed by atoms with van der Waals surface area (Å²) in [5.74, 6) is 0.771. The summed E-state index contributed by atoms with van der Waals surface area (Å²) < 4.78 is 5.87. The number of rotatable bonds is 10. The fraction of sp³-hybridized carbons (Fsp3) is 0.429. The monoisotopic (exact) mass is 530 g/mol. The smallest absolute Gasteiger partial charge is 0.151 e. The van der Waals surface area contributed by atoms with Gasteiger partial charge in [0.1, 0.15) is 16.1 Å². The third-order valence-electron chi connectivity index (χ3n) is 6.71. The maximum Gasteiger partial charge on any atom is 0.151 e. The van der Waals surface area contributed by atoms with E-state index in [0.29, 0.717) is 16.3 Å². The number of aromatic nitrogens is 2. The molecule has 0 aliphatic carbocycles. The summed E-state index contributed by atoms with van der Waals surface area (Å²) in [6.45, 7) is 2.13. The van der Waals surface area contributed by atoms with Crippen LogP contribution in [0.1, 0.15) is 48.1 Å². The van der Waals surface area contributed by atoms with Crippen molar-refractivity contribution in [3.63, 3.8) is 0 Å². The summed E-state index contributed by atoms with van der Waals surface area (Å²) in [5, 5.41) is 7.85. The van der Waals surface area contributed by atoms with Crippen LogP contribution in [0.25, 0.3) is 0 Å². The van der Waals surface area contributed by atoms with Gasteiger partial charge in [-0.1, -0.05) is 61.0 Å². The molecule has 0 saturated carbocycles. The number of nitrogens with zero attached hydrogens (tertiary/aromatic N) is 2. The van der Waals surface area contributed by atoms with E-state index >= 15 is 0 Å². The molecule has 0 bridgehead atoms. The zero-order valence-electron chi connectivity index (χ0n) is 19.7. The lowest BCUT2D eigenvalue weighted by Gasteiger charge is -2.28. The summed E-state index contributed by atoms with van der Waals surface area (Å²) >= 11 is 12.7. The quantitative estimate of drug-likeness (QED) is 0.368. The number of benzene rings is 1. The number of aryl methyl sites for hydroxylation is 4. The van der Waals surface area contributed by atoms with Gasteiger partial charge in [0.25, 0.3) is 0 Å². The van der Waals surface area contributed by atoms with Crippen LogP contribution in [0.15, 0.2) is 48.8 Å². The lowest BCUT2D eigenvalue weighted by atomic mass is 9.97. The SMILES string of the molecule is C.Clc1ncc(CC2CCN2)cc1CCc1ccc(CCc2cc(OC3CCN3)cnc2Cl)cc1.O. The Bertz CT molecular complexity index is 1030. The van der Waals surface area contributed by atoms with Crippen LogP contribution in [0.4, 0.5) is 0 Å². The van der Waals surface area contributed by atoms with Gasteiger partial charge in [0, 0.05) is 25.2 Å². The fourth-order valence-corrected chi connectivity index (χ4v) is 4.70. The molecule has 194 valence electrons. The van der Waals surface area contributed by atoms with E-state index in [9.17, 15) is 0 Å². The molecular formula is C28H36Cl2N4O2. The van der Waals surface area contributed by atoms with Gasteiger partial charge in [-0.3, -0.25) is 5.32 Å². The highest BCUT2D eigenvalue weighted by atomic mass is 35.5. The van der Waals surface area contributed by atoms with E-state index in [1.165, 1.54) is 23.1 Å². The minimum absolute atomic E-state index is 0.